The molecule has 0 aliphatic rings. The highest BCUT2D eigenvalue weighted by atomic mass is 35.5. The lowest BCUT2D eigenvalue weighted by Gasteiger charge is -2.16. The maximum Gasteiger partial charge on any atom is 0.158 e. The Balaban J connectivity index is 2.71. The molecule has 2 N–H and O–H groups in total. The summed E-state index contributed by atoms with van der Waals surface area (Å²) in [6, 6.07) is 1.86. The Kier molecular flexibility index (Phi) is 6.93. The first kappa shape index (κ1) is 15.1. The van der Waals surface area contributed by atoms with Crippen LogP contribution in [-0.2, 0) is 11.3 Å². The van der Waals surface area contributed by atoms with Gasteiger partial charge in [-0.05, 0) is 19.8 Å². The van der Waals surface area contributed by atoms with Crippen molar-refractivity contribution in [1.82, 2.24) is 9.97 Å². The van der Waals surface area contributed by atoms with E-state index < -0.39 is 0 Å². The van der Waals surface area contributed by atoms with Crippen molar-refractivity contribution >= 4 is 17.4 Å². The number of hydrogen-bond acceptors (Lipinski definition) is 5. The van der Waals surface area contributed by atoms with E-state index in [1.807, 2.05) is 6.92 Å². The van der Waals surface area contributed by atoms with Crippen LogP contribution in [0.5, 0.6) is 0 Å². The Morgan fingerprint density at radius 3 is 2.83 bits per heavy atom. The van der Waals surface area contributed by atoms with Crippen molar-refractivity contribution in [3.63, 3.8) is 0 Å². The normalized spacial score (nSPS) is 12.4. The number of nitrogens with zero attached hydrogens (tertiary/aromatic N) is 2. The first-order chi connectivity index (χ1) is 8.69. The predicted molar refractivity (Wildman–Crippen MR) is 71.8 cm³/mol. The third-order valence-corrected chi connectivity index (χ3v) is 2.69. The van der Waals surface area contributed by atoms with Crippen molar-refractivity contribution in [1.29, 1.82) is 0 Å². The number of ether oxygens (including phenoxy) is 1. The first-order valence-electron chi connectivity index (χ1n) is 6.18. The Morgan fingerprint density at radius 1 is 1.44 bits per heavy atom. The van der Waals surface area contributed by atoms with E-state index >= 15 is 0 Å². The lowest BCUT2D eigenvalue weighted by Crippen LogP contribution is -2.21. The summed E-state index contributed by atoms with van der Waals surface area (Å²) >= 11 is 5.94. The molecule has 0 aliphatic carbocycles. The zero-order chi connectivity index (χ0) is 13.4. The van der Waals surface area contributed by atoms with E-state index in [-0.39, 0.29) is 12.6 Å². The van der Waals surface area contributed by atoms with Crippen LogP contribution in [0.4, 0.5) is 5.82 Å². The lowest BCUT2D eigenvalue weighted by atomic mass is 10.1. The average Bonchev–Trinajstić information content (AvgIpc) is 2.35. The molecule has 5 nitrogen and oxygen atoms in total. The fourth-order valence-electron chi connectivity index (χ4n) is 1.54. The molecule has 0 spiro atoms. The minimum atomic E-state index is 0.149. The predicted octanol–water partition coefficient (Wildman–Crippen LogP) is 2.24. The number of nitrogens with one attached hydrogen (secondary N) is 1. The van der Waals surface area contributed by atoms with Crippen LogP contribution < -0.4 is 5.32 Å². The molecule has 0 bridgehead atoms. The van der Waals surface area contributed by atoms with Gasteiger partial charge in [-0.2, -0.15) is 0 Å². The van der Waals surface area contributed by atoms with Crippen molar-refractivity contribution < 1.29 is 9.84 Å². The van der Waals surface area contributed by atoms with Crippen molar-refractivity contribution in [3.8, 4) is 0 Å². The molecule has 0 aliphatic heterocycles. The minimum Gasteiger partial charge on any atom is -0.396 e. The van der Waals surface area contributed by atoms with Gasteiger partial charge in [-0.25, -0.2) is 9.97 Å². The van der Waals surface area contributed by atoms with Crippen LogP contribution in [0.2, 0.25) is 5.15 Å². The van der Waals surface area contributed by atoms with Crippen molar-refractivity contribution in [2.75, 3.05) is 18.5 Å². The van der Waals surface area contributed by atoms with Crippen LogP contribution in [0.3, 0.4) is 0 Å². The molecule has 1 aromatic rings. The Morgan fingerprint density at radius 2 is 2.22 bits per heavy atom. The number of hydrogen-bond donors (Lipinski definition) is 2. The summed E-state index contributed by atoms with van der Waals surface area (Å²) in [6.07, 6.45) is 1.59. The molecule has 0 amide bonds. The quantitative estimate of drug-likeness (QED) is 0.711. The van der Waals surface area contributed by atoms with E-state index in [2.05, 4.69) is 22.2 Å². The van der Waals surface area contributed by atoms with Gasteiger partial charge in [0.25, 0.3) is 0 Å². The molecule has 1 aromatic heterocycles. The SMILES string of the molecule is CCOCc1nc(Cl)cc(NC(CC)CCO)n1. The topological polar surface area (TPSA) is 67.3 Å². The molecule has 1 rings (SSSR count). The van der Waals surface area contributed by atoms with E-state index in [4.69, 9.17) is 21.4 Å². The molecule has 102 valence electrons. The van der Waals surface area contributed by atoms with Crippen LogP contribution in [0.25, 0.3) is 0 Å². The fourth-order valence-corrected chi connectivity index (χ4v) is 1.74. The molecular weight excluding hydrogens is 254 g/mol. The average molecular weight is 274 g/mol. The second-order valence-corrected chi connectivity index (χ2v) is 4.28. The highest BCUT2D eigenvalue weighted by Crippen LogP contribution is 2.14. The Labute approximate surface area is 113 Å². The van der Waals surface area contributed by atoms with Gasteiger partial charge in [-0.1, -0.05) is 18.5 Å². The van der Waals surface area contributed by atoms with Crippen LogP contribution >= 0.6 is 11.6 Å². The summed E-state index contributed by atoms with van der Waals surface area (Å²) in [6.45, 7) is 5.08. The van der Waals surface area contributed by atoms with Crippen LogP contribution in [0.15, 0.2) is 6.07 Å². The number of aromatic nitrogens is 2. The smallest absolute Gasteiger partial charge is 0.158 e. The summed E-state index contributed by atoms with van der Waals surface area (Å²) in [5, 5.41) is 12.6. The highest BCUT2D eigenvalue weighted by Gasteiger charge is 2.08. The third kappa shape index (κ3) is 5.16. The van der Waals surface area contributed by atoms with Crippen LogP contribution in [-0.4, -0.2) is 34.3 Å². The summed E-state index contributed by atoms with van der Waals surface area (Å²) in [5.74, 6) is 1.23. The van der Waals surface area contributed by atoms with Crippen molar-refractivity contribution in [2.45, 2.75) is 39.3 Å². The molecule has 1 atom stereocenters. The zero-order valence-corrected chi connectivity index (χ0v) is 11.6. The summed E-state index contributed by atoms with van der Waals surface area (Å²) in [7, 11) is 0. The molecule has 0 radical (unpaired) electrons. The minimum absolute atomic E-state index is 0.149. The highest BCUT2D eigenvalue weighted by molar-refractivity contribution is 6.29. The molecule has 18 heavy (non-hydrogen) atoms. The number of aliphatic hydroxyl groups is 1. The van der Waals surface area contributed by atoms with E-state index in [0.717, 1.165) is 6.42 Å². The second kappa shape index (κ2) is 8.24. The maximum atomic E-state index is 8.95. The second-order valence-electron chi connectivity index (χ2n) is 3.89. The van der Waals surface area contributed by atoms with Gasteiger partial charge in [0.05, 0.1) is 0 Å². The lowest BCUT2D eigenvalue weighted by molar-refractivity contribution is 0.128. The van der Waals surface area contributed by atoms with Gasteiger partial charge in [0, 0.05) is 25.3 Å². The van der Waals surface area contributed by atoms with E-state index in [1.165, 1.54) is 0 Å². The molecule has 1 heterocycles. The Hall–Kier alpha value is -0.910. The zero-order valence-electron chi connectivity index (χ0n) is 10.8. The Bertz CT molecular complexity index is 363. The monoisotopic (exact) mass is 273 g/mol. The summed E-state index contributed by atoms with van der Waals surface area (Å²) in [4.78, 5) is 8.42. The van der Waals surface area contributed by atoms with Gasteiger partial charge < -0.3 is 15.2 Å². The van der Waals surface area contributed by atoms with Gasteiger partial charge in [0.1, 0.15) is 17.6 Å². The van der Waals surface area contributed by atoms with Crippen molar-refractivity contribution in [3.05, 3.63) is 17.0 Å². The van der Waals surface area contributed by atoms with Gasteiger partial charge >= 0.3 is 0 Å². The molecule has 0 aromatic carbocycles. The molecule has 0 fully saturated rings. The largest absolute Gasteiger partial charge is 0.396 e. The number of anilines is 1. The maximum absolute atomic E-state index is 8.95. The van der Waals surface area contributed by atoms with Gasteiger partial charge in [0.2, 0.25) is 0 Å². The van der Waals surface area contributed by atoms with Crippen molar-refractivity contribution in [2.24, 2.45) is 0 Å². The van der Waals surface area contributed by atoms with Gasteiger partial charge in [-0.3, -0.25) is 0 Å². The fraction of sp³-hybridized carbons (Fsp3) is 0.667. The summed E-state index contributed by atoms with van der Waals surface area (Å²) < 4.78 is 5.26. The third-order valence-electron chi connectivity index (χ3n) is 2.50. The van der Waals surface area contributed by atoms with Gasteiger partial charge in [0.15, 0.2) is 5.82 Å². The molecule has 6 heteroatoms. The van der Waals surface area contributed by atoms with Crippen LogP contribution in [0.1, 0.15) is 32.5 Å². The van der Waals surface area contributed by atoms with Crippen LogP contribution in [0, 0.1) is 0 Å². The summed E-state index contributed by atoms with van der Waals surface area (Å²) in [5.41, 5.74) is 0. The molecular formula is C12H20ClN3O2. The number of halogens is 1. The van der Waals surface area contributed by atoms with E-state index in [0.29, 0.717) is 36.4 Å². The molecule has 0 saturated heterocycles. The molecule has 0 saturated carbocycles. The molecule has 1 unspecified atom stereocenters. The van der Waals surface area contributed by atoms with Gasteiger partial charge in [-0.15, -0.1) is 0 Å². The van der Waals surface area contributed by atoms with E-state index in [1.54, 1.807) is 6.07 Å². The number of aliphatic hydroxyl groups excluding tert-OH is 1. The standard InChI is InChI=1S/C12H20ClN3O2/c1-3-9(5-6-17)14-11-7-10(13)15-12(16-11)8-18-4-2/h7,9,17H,3-6,8H2,1-2H3,(H,14,15,16). The van der Waals surface area contributed by atoms with E-state index in [9.17, 15) is 0 Å². The number of rotatable bonds is 8. The first-order valence-corrected chi connectivity index (χ1v) is 6.56.